The van der Waals surface area contributed by atoms with Gasteiger partial charge in [0.25, 0.3) is 0 Å². The minimum atomic E-state index is -1.24. The van der Waals surface area contributed by atoms with E-state index in [4.69, 9.17) is 14.2 Å². The Labute approximate surface area is 283 Å². The van der Waals surface area contributed by atoms with Crippen LogP contribution in [0, 0.1) is 0 Å². The first-order valence-corrected chi connectivity index (χ1v) is 16.1. The van der Waals surface area contributed by atoms with Crippen LogP contribution in [0.5, 0.6) is 11.5 Å². The topological polar surface area (TPSA) is 120 Å². The molecule has 1 aliphatic carbocycles. The number of aromatic nitrogens is 2. The number of hydrogen-bond donors (Lipinski definition) is 1. The Bertz CT molecular complexity index is 1940. The van der Waals surface area contributed by atoms with E-state index in [-0.39, 0.29) is 0 Å². The lowest BCUT2D eigenvalue weighted by Gasteiger charge is -2.37. The van der Waals surface area contributed by atoms with Crippen molar-refractivity contribution >= 4 is 23.6 Å². The second-order valence-corrected chi connectivity index (χ2v) is 12.1. The number of esters is 3. The van der Waals surface area contributed by atoms with Gasteiger partial charge in [-0.3, -0.25) is 24.5 Å². The fourth-order valence-corrected chi connectivity index (χ4v) is 6.72. The number of carbonyl (C=O) groups is 3. The number of carbonyl (C=O) groups excluding carboxylic acids is 3. The minimum Gasteiger partial charge on any atom is -0.441 e. The van der Waals surface area contributed by atoms with Gasteiger partial charge in [-0.15, -0.1) is 0 Å². The highest BCUT2D eigenvalue weighted by Gasteiger charge is 2.52. The van der Waals surface area contributed by atoms with Gasteiger partial charge in [0, 0.05) is 74.8 Å². The van der Waals surface area contributed by atoms with Crippen LogP contribution in [0.1, 0.15) is 63.4 Å². The summed E-state index contributed by atoms with van der Waals surface area (Å²) in [6.07, 6.45) is 4.05. The zero-order valence-electron chi connectivity index (χ0n) is 27.1. The van der Waals surface area contributed by atoms with Crippen molar-refractivity contribution in [2.24, 2.45) is 0 Å². The summed E-state index contributed by atoms with van der Waals surface area (Å²) in [6, 6.07) is 28.2. The number of anilines is 1. The van der Waals surface area contributed by atoms with Crippen molar-refractivity contribution in [3.05, 3.63) is 148 Å². The van der Waals surface area contributed by atoms with Crippen LogP contribution in [0.2, 0.25) is 0 Å². The van der Waals surface area contributed by atoms with Crippen molar-refractivity contribution in [3.8, 4) is 11.5 Å². The van der Waals surface area contributed by atoms with Crippen LogP contribution in [0.25, 0.3) is 0 Å². The summed E-state index contributed by atoms with van der Waals surface area (Å²) in [4.78, 5) is 48.5. The van der Waals surface area contributed by atoms with E-state index in [1.165, 1.54) is 13.8 Å². The molecule has 1 N–H and O–H groups in total. The molecule has 2 aromatic heterocycles. The molecular weight excluding hydrogens is 620 g/mol. The number of fused-ring (bicyclic) bond motifs is 6. The molecule has 1 spiro atoms. The highest BCUT2D eigenvalue weighted by molar-refractivity contribution is 5.98. The molecule has 10 heteroatoms. The number of rotatable bonds is 10. The monoisotopic (exact) mass is 654 g/mol. The third-order valence-corrected chi connectivity index (χ3v) is 8.66. The molecule has 49 heavy (non-hydrogen) atoms. The third kappa shape index (κ3) is 6.50. The molecule has 0 amide bonds. The minimum absolute atomic E-state index is 0.394. The van der Waals surface area contributed by atoms with E-state index in [1.54, 1.807) is 36.7 Å². The number of benzene rings is 3. The summed E-state index contributed by atoms with van der Waals surface area (Å²) < 4.78 is 17.2. The summed E-state index contributed by atoms with van der Waals surface area (Å²) in [7, 11) is 0. The number of ether oxygens (including phenoxy) is 3. The van der Waals surface area contributed by atoms with Crippen molar-refractivity contribution in [1.29, 1.82) is 0 Å². The fourth-order valence-electron chi connectivity index (χ4n) is 6.72. The van der Waals surface area contributed by atoms with Gasteiger partial charge in [-0.2, -0.15) is 0 Å². The van der Waals surface area contributed by atoms with Crippen LogP contribution in [0.3, 0.4) is 0 Å². The fraction of sp³-hybridized carbons (Fsp3) is 0.205. The highest BCUT2D eigenvalue weighted by atomic mass is 16.6. The van der Waals surface area contributed by atoms with Gasteiger partial charge in [0.1, 0.15) is 11.5 Å². The zero-order chi connectivity index (χ0) is 34.0. The Morgan fingerprint density at radius 1 is 0.776 bits per heavy atom. The van der Waals surface area contributed by atoms with E-state index in [9.17, 15) is 14.4 Å². The Hall–Kier alpha value is -5.87. The quantitative estimate of drug-likeness (QED) is 0.146. The largest absolute Gasteiger partial charge is 0.441 e. The summed E-state index contributed by atoms with van der Waals surface area (Å²) >= 11 is 0. The van der Waals surface area contributed by atoms with Gasteiger partial charge >= 0.3 is 17.9 Å². The first-order valence-electron chi connectivity index (χ1n) is 16.1. The summed E-state index contributed by atoms with van der Waals surface area (Å²) in [6.45, 7) is 5.34. The van der Waals surface area contributed by atoms with Gasteiger partial charge in [-0.1, -0.05) is 30.3 Å². The van der Waals surface area contributed by atoms with Crippen LogP contribution in [-0.2, 0) is 39.4 Å². The molecule has 0 fully saturated rings. The van der Waals surface area contributed by atoms with Crippen molar-refractivity contribution < 1.29 is 28.6 Å². The van der Waals surface area contributed by atoms with Crippen molar-refractivity contribution in [2.45, 2.75) is 39.0 Å². The van der Waals surface area contributed by atoms with Crippen LogP contribution in [0.15, 0.2) is 103 Å². The highest BCUT2D eigenvalue weighted by Crippen LogP contribution is 2.53. The van der Waals surface area contributed by atoms with E-state index < -0.39 is 23.5 Å². The van der Waals surface area contributed by atoms with Gasteiger partial charge in [-0.05, 0) is 78.2 Å². The molecule has 0 bridgehead atoms. The molecule has 0 saturated heterocycles. The second kappa shape index (κ2) is 13.3. The molecule has 10 nitrogen and oxygen atoms in total. The van der Waals surface area contributed by atoms with Crippen LogP contribution in [-0.4, -0.2) is 45.9 Å². The molecule has 0 radical (unpaired) electrons. The maximum atomic E-state index is 13.7. The van der Waals surface area contributed by atoms with Gasteiger partial charge < -0.3 is 19.5 Å². The Balaban J connectivity index is 1.18. The summed E-state index contributed by atoms with van der Waals surface area (Å²) in [5.41, 5.74) is 5.87. The lowest BCUT2D eigenvalue weighted by atomic mass is 9.71. The Kier molecular flexibility index (Phi) is 8.63. The molecule has 0 atom stereocenters. The lowest BCUT2D eigenvalue weighted by Crippen LogP contribution is -2.35. The SMILES string of the molecule is CC(=O)Oc1ccc2c(c1)Cc1cc(OC(C)=O)ccc1C21OC(=O)c2cc(NCCN(Cc3ccccn3)Cc3ccccn3)ccc21. The molecule has 0 unspecified atom stereocenters. The molecule has 7 rings (SSSR count). The molecule has 1 aliphatic heterocycles. The summed E-state index contributed by atoms with van der Waals surface area (Å²) in [5, 5.41) is 3.49. The first kappa shape index (κ1) is 31.7. The number of hydrogen-bond acceptors (Lipinski definition) is 10. The summed E-state index contributed by atoms with van der Waals surface area (Å²) in [5.74, 6) is -0.525. The van der Waals surface area contributed by atoms with Crippen molar-refractivity contribution in [1.82, 2.24) is 14.9 Å². The zero-order valence-corrected chi connectivity index (χ0v) is 27.1. The van der Waals surface area contributed by atoms with E-state index in [0.717, 1.165) is 39.3 Å². The molecule has 5 aromatic rings. The Morgan fingerprint density at radius 2 is 1.35 bits per heavy atom. The molecule has 3 aromatic carbocycles. The lowest BCUT2D eigenvalue weighted by molar-refractivity contribution is -0.132. The van der Waals surface area contributed by atoms with E-state index in [0.29, 0.717) is 55.2 Å². The van der Waals surface area contributed by atoms with Crippen molar-refractivity contribution in [2.75, 3.05) is 18.4 Å². The predicted molar refractivity (Wildman–Crippen MR) is 181 cm³/mol. The van der Waals surface area contributed by atoms with Crippen LogP contribution >= 0.6 is 0 Å². The van der Waals surface area contributed by atoms with Gasteiger partial charge in [0.15, 0.2) is 5.60 Å². The van der Waals surface area contributed by atoms with Gasteiger partial charge in [0.2, 0.25) is 0 Å². The Morgan fingerprint density at radius 3 is 1.88 bits per heavy atom. The third-order valence-electron chi connectivity index (χ3n) is 8.66. The van der Waals surface area contributed by atoms with Gasteiger partial charge in [-0.25, -0.2) is 4.79 Å². The van der Waals surface area contributed by atoms with Gasteiger partial charge in [0.05, 0.1) is 17.0 Å². The maximum Gasteiger partial charge on any atom is 0.340 e. The van der Waals surface area contributed by atoms with E-state index in [2.05, 4.69) is 20.2 Å². The van der Waals surface area contributed by atoms with Crippen LogP contribution < -0.4 is 14.8 Å². The number of nitrogens with zero attached hydrogens (tertiary/aromatic N) is 3. The molecular formula is C39H34N4O6. The van der Waals surface area contributed by atoms with Crippen LogP contribution in [0.4, 0.5) is 5.69 Å². The average Bonchev–Trinajstić information content (AvgIpc) is 3.36. The second-order valence-electron chi connectivity index (χ2n) is 12.1. The van der Waals surface area contributed by atoms with E-state index >= 15 is 0 Å². The molecule has 2 aliphatic rings. The maximum absolute atomic E-state index is 13.7. The molecule has 246 valence electrons. The first-order chi connectivity index (χ1) is 23.8. The van der Waals surface area contributed by atoms with Crippen molar-refractivity contribution in [3.63, 3.8) is 0 Å². The van der Waals surface area contributed by atoms with E-state index in [1.807, 2.05) is 66.7 Å². The number of nitrogens with one attached hydrogen (secondary N) is 1. The predicted octanol–water partition coefficient (Wildman–Crippen LogP) is 5.81. The molecule has 3 heterocycles. The smallest absolute Gasteiger partial charge is 0.340 e. The molecule has 0 saturated carbocycles. The average molecular weight is 655 g/mol. The number of pyridine rings is 2. The normalized spacial score (nSPS) is 13.7. The standard InChI is InChI=1S/C39H34N4O6/c1-25(44)47-32-10-13-35-27(20-32)19-28-21-33(48-26(2)45)11-14-36(28)39(35)37-12-9-29(22-34(37)38(46)49-39)42-17-18-43(23-30-7-3-5-15-40-30)24-31-8-4-6-16-41-31/h3-16,20-22,42H,17-19,23-24H2,1-2H3.